The number of nitrogen functional groups attached to an aromatic ring is 1. The highest BCUT2D eigenvalue weighted by molar-refractivity contribution is 9.10. The lowest BCUT2D eigenvalue weighted by Gasteiger charge is -2.17. The van der Waals surface area contributed by atoms with Crippen LogP contribution in [0.1, 0.15) is 0 Å². The molecule has 8 nitrogen and oxygen atoms in total. The van der Waals surface area contributed by atoms with Crippen molar-refractivity contribution in [3.63, 3.8) is 0 Å². The monoisotopic (exact) mass is 451 g/mol. The molecule has 142 valence electrons. The van der Waals surface area contributed by atoms with E-state index in [4.69, 9.17) is 15.0 Å². The van der Waals surface area contributed by atoms with E-state index in [0.717, 1.165) is 10.2 Å². The molecule has 0 saturated carbocycles. The number of benzene rings is 1. The summed E-state index contributed by atoms with van der Waals surface area (Å²) in [5.74, 6) is 7.80. The van der Waals surface area contributed by atoms with Gasteiger partial charge in [0.05, 0.1) is 18.6 Å². The van der Waals surface area contributed by atoms with Crippen molar-refractivity contribution in [3.05, 3.63) is 47.1 Å². The number of amides is 1. The molecule has 0 spiro atoms. The summed E-state index contributed by atoms with van der Waals surface area (Å²) >= 11 is 4.59. The van der Waals surface area contributed by atoms with Gasteiger partial charge in [0, 0.05) is 11.5 Å². The number of likely N-dealkylation sites (N-methyl/N-ethyl adjacent to an activating group) is 1. The number of hydrogen-bond donors (Lipinski definition) is 1. The van der Waals surface area contributed by atoms with Gasteiger partial charge in [0.15, 0.2) is 5.76 Å². The summed E-state index contributed by atoms with van der Waals surface area (Å²) in [6.07, 6.45) is 1.53. The van der Waals surface area contributed by atoms with Crippen LogP contribution in [0.25, 0.3) is 11.6 Å². The lowest BCUT2D eigenvalue weighted by atomic mass is 10.3. The summed E-state index contributed by atoms with van der Waals surface area (Å²) in [6, 6.07) is 11.0. The molecule has 0 unspecified atom stereocenters. The standard InChI is InChI=1S/C17H18BrN5O3S/c1-22(8-10-25-13-6-4-12(18)5-7-13)15(24)11-27-17-21-20-16(23(17)19)14-3-2-9-26-14/h2-7,9H,8,10-11,19H2,1H3. The summed E-state index contributed by atoms with van der Waals surface area (Å²) in [7, 11) is 1.73. The van der Waals surface area contributed by atoms with Crippen molar-refractivity contribution in [2.75, 3.05) is 31.8 Å². The molecule has 3 aromatic rings. The smallest absolute Gasteiger partial charge is 0.232 e. The molecular formula is C17H18BrN5O3S. The Morgan fingerprint density at radius 2 is 2.11 bits per heavy atom. The van der Waals surface area contributed by atoms with Crippen molar-refractivity contribution >= 4 is 33.6 Å². The fourth-order valence-electron chi connectivity index (χ4n) is 2.14. The Labute approximate surface area is 168 Å². The molecule has 2 heterocycles. The average molecular weight is 452 g/mol. The van der Waals surface area contributed by atoms with Crippen molar-refractivity contribution in [1.29, 1.82) is 0 Å². The Bertz CT molecular complexity index is 883. The van der Waals surface area contributed by atoms with Gasteiger partial charge in [0.25, 0.3) is 0 Å². The Kier molecular flexibility index (Phi) is 6.40. The van der Waals surface area contributed by atoms with Crippen LogP contribution in [-0.2, 0) is 4.79 Å². The van der Waals surface area contributed by atoms with Crippen LogP contribution in [0.4, 0.5) is 0 Å². The number of thioether (sulfide) groups is 1. The van der Waals surface area contributed by atoms with Gasteiger partial charge in [-0.25, -0.2) is 4.68 Å². The van der Waals surface area contributed by atoms with Crippen LogP contribution in [0.2, 0.25) is 0 Å². The van der Waals surface area contributed by atoms with Crippen LogP contribution >= 0.6 is 27.7 Å². The maximum absolute atomic E-state index is 12.3. The first-order valence-corrected chi connectivity index (χ1v) is 9.82. The van der Waals surface area contributed by atoms with E-state index in [1.165, 1.54) is 22.7 Å². The normalized spacial score (nSPS) is 10.7. The number of hydrogen-bond acceptors (Lipinski definition) is 7. The topological polar surface area (TPSA) is 99.4 Å². The molecule has 0 fully saturated rings. The van der Waals surface area contributed by atoms with Crippen LogP contribution in [-0.4, -0.2) is 51.6 Å². The van der Waals surface area contributed by atoms with E-state index in [-0.39, 0.29) is 11.7 Å². The van der Waals surface area contributed by atoms with Crippen LogP contribution in [0.5, 0.6) is 5.75 Å². The van der Waals surface area contributed by atoms with E-state index in [1.807, 2.05) is 24.3 Å². The summed E-state index contributed by atoms with van der Waals surface area (Å²) in [6.45, 7) is 0.882. The minimum Gasteiger partial charge on any atom is -0.492 e. The number of furan rings is 1. The van der Waals surface area contributed by atoms with E-state index in [1.54, 1.807) is 24.1 Å². The van der Waals surface area contributed by atoms with Gasteiger partial charge in [-0.15, -0.1) is 10.2 Å². The van der Waals surface area contributed by atoms with Gasteiger partial charge in [-0.1, -0.05) is 27.7 Å². The highest BCUT2D eigenvalue weighted by atomic mass is 79.9. The van der Waals surface area contributed by atoms with Crippen molar-refractivity contribution in [3.8, 4) is 17.3 Å². The van der Waals surface area contributed by atoms with Gasteiger partial charge in [-0.2, -0.15) is 0 Å². The van der Waals surface area contributed by atoms with Crippen molar-refractivity contribution in [1.82, 2.24) is 19.8 Å². The van der Waals surface area contributed by atoms with E-state index >= 15 is 0 Å². The number of carbonyl (C=O) groups is 1. The third-order valence-electron chi connectivity index (χ3n) is 3.67. The average Bonchev–Trinajstić information content (AvgIpc) is 3.31. The highest BCUT2D eigenvalue weighted by Crippen LogP contribution is 2.22. The zero-order valence-corrected chi connectivity index (χ0v) is 16.9. The van der Waals surface area contributed by atoms with Gasteiger partial charge in [0.2, 0.25) is 16.9 Å². The first-order chi connectivity index (χ1) is 13.0. The Morgan fingerprint density at radius 1 is 1.33 bits per heavy atom. The second kappa shape index (κ2) is 8.96. The van der Waals surface area contributed by atoms with Crippen LogP contribution in [0.15, 0.2) is 56.7 Å². The van der Waals surface area contributed by atoms with Crippen LogP contribution in [0, 0.1) is 0 Å². The minimum absolute atomic E-state index is 0.0537. The van der Waals surface area contributed by atoms with Gasteiger partial charge < -0.3 is 19.9 Å². The third-order valence-corrected chi connectivity index (χ3v) is 5.12. The molecule has 0 radical (unpaired) electrons. The first kappa shape index (κ1) is 19.3. The quantitative estimate of drug-likeness (QED) is 0.414. The fourth-order valence-corrected chi connectivity index (χ4v) is 3.20. The summed E-state index contributed by atoms with van der Waals surface area (Å²) in [5.41, 5.74) is 0. The van der Waals surface area contributed by atoms with Gasteiger partial charge in [-0.3, -0.25) is 4.79 Å². The Hall–Kier alpha value is -2.46. The second-order valence-corrected chi connectivity index (χ2v) is 7.42. The number of nitrogens with zero attached hydrogens (tertiary/aromatic N) is 4. The van der Waals surface area contributed by atoms with E-state index < -0.39 is 0 Å². The molecule has 0 aliphatic carbocycles. The summed E-state index contributed by atoms with van der Waals surface area (Å²) in [5, 5.41) is 8.44. The Balaban J connectivity index is 1.45. The predicted molar refractivity (Wildman–Crippen MR) is 106 cm³/mol. The first-order valence-electron chi connectivity index (χ1n) is 8.04. The molecule has 2 N–H and O–H groups in total. The van der Waals surface area contributed by atoms with Gasteiger partial charge in [0.1, 0.15) is 12.4 Å². The lowest BCUT2D eigenvalue weighted by Crippen LogP contribution is -2.32. The van der Waals surface area contributed by atoms with Crippen LogP contribution < -0.4 is 10.6 Å². The molecule has 0 saturated heterocycles. The SMILES string of the molecule is CN(CCOc1ccc(Br)cc1)C(=O)CSc1nnc(-c2ccco2)n1N. The maximum atomic E-state index is 12.3. The number of carbonyl (C=O) groups excluding carboxylic acids is 1. The maximum Gasteiger partial charge on any atom is 0.232 e. The molecular weight excluding hydrogens is 434 g/mol. The van der Waals surface area contributed by atoms with E-state index in [2.05, 4.69) is 26.1 Å². The van der Waals surface area contributed by atoms with Crippen molar-refractivity contribution in [2.45, 2.75) is 5.16 Å². The number of ether oxygens (including phenoxy) is 1. The number of rotatable bonds is 8. The van der Waals surface area contributed by atoms with E-state index in [0.29, 0.717) is 29.9 Å². The predicted octanol–water partition coefficient (Wildman–Crippen LogP) is 2.64. The molecule has 10 heteroatoms. The zero-order valence-electron chi connectivity index (χ0n) is 14.5. The highest BCUT2D eigenvalue weighted by Gasteiger charge is 2.16. The molecule has 2 aromatic heterocycles. The molecule has 0 atom stereocenters. The van der Waals surface area contributed by atoms with Gasteiger partial charge in [-0.05, 0) is 36.4 Å². The molecule has 0 aliphatic rings. The number of halogens is 1. The molecule has 3 rings (SSSR count). The van der Waals surface area contributed by atoms with Crippen molar-refractivity contribution in [2.24, 2.45) is 0 Å². The largest absolute Gasteiger partial charge is 0.492 e. The Morgan fingerprint density at radius 3 is 2.81 bits per heavy atom. The second-order valence-electron chi connectivity index (χ2n) is 5.56. The van der Waals surface area contributed by atoms with E-state index in [9.17, 15) is 4.79 Å². The minimum atomic E-state index is -0.0537. The lowest BCUT2D eigenvalue weighted by molar-refractivity contribution is -0.127. The van der Waals surface area contributed by atoms with Crippen LogP contribution in [0.3, 0.4) is 0 Å². The zero-order chi connectivity index (χ0) is 19.2. The molecule has 1 amide bonds. The fraction of sp³-hybridized carbons (Fsp3) is 0.235. The molecule has 0 bridgehead atoms. The van der Waals surface area contributed by atoms with Gasteiger partial charge >= 0.3 is 0 Å². The van der Waals surface area contributed by atoms with Crippen molar-refractivity contribution < 1.29 is 13.9 Å². The summed E-state index contributed by atoms with van der Waals surface area (Å²) < 4.78 is 13.2. The number of aromatic nitrogens is 3. The molecule has 0 aliphatic heterocycles. The summed E-state index contributed by atoms with van der Waals surface area (Å²) in [4.78, 5) is 13.9. The number of nitrogens with two attached hydrogens (primary N) is 1. The molecule has 1 aromatic carbocycles. The molecule has 27 heavy (non-hydrogen) atoms. The third kappa shape index (κ3) is 5.04.